The first-order valence-corrected chi connectivity index (χ1v) is 9.38. The van der Waals surface area contributed by atoms with E-state index in [4.69, 9.17) is 13.3 Å². The second-order valence-electron chi connectivity index (χ2n) is 4.83. The van der Waals surface area contributed by atoms with Gasteiger partial charge in [-0.25, -0.2) is 0 Å². The fourth-order valence-corrected chi connectivity index (χ4v) is 3.36. The molecule has 0 atom stereocenters. The molecule has 5 nitrogen and oxygen atoms in total. The molecule has 0 bridgehead atoms. The Labute approximate surface area is 125 Å². The summed E-state index contributed by atoms with van der Waals surface area (Å²) in [6.07, 6.45) is 3.92. The normalized spacial score (nSPS) is 13.2. The number of hydrogen-bond acceptors (Lipinski definition) is 5. The van der Waals surface area contributed by atoms with E-state index in [-0.39, 0.29) is 0 Å². The molecule has 0 amide bonds. The van der Waals surface area contributed by atoms with Crippen molar-refractivity contribution in [3.05, 3.63) is 0 Å². The number of hydrogen-bond donors (Lipinski definition) is 0. The van der Waals surface area contributed by atoms with E-state index in [1.54, 1.807) is 21.3 Å². The number of nitrogens with zero attached hydrogens (tertiary/aromatic N) is 2. The molecule has 0 heterocycles. The first-order chi connectivity index (χ1) is 9.57. The van der Waals surface area contributed by atoms with E-state index in [1.165, 1.54) is 19.4 Å². The molecular weight excluding hydrogens is 272 g/mol. The summed E-state index contributed by atoms with van der Waals surface area (Å²) >= 11 is 0. The summed E-state index contributed by atoms with van der Waals surface area (Å²) in [5.74, 6) is 0. The van der Waals surface area contributed by atoms with Crippen LogP contribution in [-0.2, 0) is 13.3 Å². The molecule has 0 radical (unpaired) electrons. The van der Waals surface area contributed by atoms with Crippen molar-refractivity contribution in [2.45, 2.75) is 40.0 Å². The third-order valence-corrected chi connectivity index (χ3v) is 6.04. The van der Waals surface area contributed by atoms with Crippen LogP contribution in [0.15, 0.2) is 4.99 Å². The van der Waals surface area contributed by atoms with Gasteiger partial charge in [-0.2, -0.15) is 0 Å². The molecule has 120 valence electrons. The Bertz CT molecular complexity index is 259. The van der Waals surface area contributed by atoms with Crippen molar-refractivity contribution >= 4 is 14.5 Å². The molecule has 0 N–H and O–H groups in total. The Hall–Kier alpha value is -0.273. The molecule has 0 rings (SSSR count). The SMILES string of the molecule is CCN(CC)CCCCC(C)=NC[Si](OC)(OC)OC. The van der Waals surface area contributed by atoms with E-state index in [0.717, 1.165) is 25.2 Å². The maximum absolute atomic E-state index is 5.35. The van der Waals surface area contributed by atoms with Crippen molar-refractivity contribution < 1.29 is 13.3 Å². The maximum atomic E-state index is 5.35. The van der Waals surface area contributed by atoms with Crippen molar-refractivity contribution in [3.8, 4) is 0 Å². The highest BCUT2D eigenvalue weighted by atomic mass is 28.4. The number of unbranched alkanes of at least 4 members (excludes halogenated alkanes) is 1. The van der Waals surface area contributed by atoms with Crippen LogP contribution in [0.3, 0.4) is 0 Å². The molecule has 0 spiro atoms. The molecule has 0 saturated carbocycles. The lowest BCUT2D eigenvalue weighted by molar-refractivity contribution is 0.125. The van der Waals surface area contributed by atoms with E-state index in [0.29, 0.717) is 6.17 Å². The summed E-state index contributed by atoms with van der Waals surface area (Å²) in [5.41, 5.74) is 1.15. The second kappa shape index (κ2) is 11.4. The van der Waals surface area contributed by atoms with Gasteiger partial charge in [0.25, 0.3) is 0 Å². The van der Waals surface area contributed by atoms with E-state index in [1.807, 2.05) is 0 Å². The molecule has 0 unspecified atom stereocenters. The zero-order chi connectivity index (χ0) is 15.4. The second-order valence-corrected chi connectivity index (χ2v) is 7.74. The Morgan fingerprint density at radius 2 is 1.55 bits per heavy atom. The lowest BCUT2D eigenvalue weighted by Gasteiger charge is -2.22. The minimum Gasteiger partial charge on any atom is -0.376 e. The summed E-state index contributed by atoms with van der Waals surface area (Å²) in [4.78, 5) is 7.01. The largest absolute Gasteiger partial charge is 0.522 e. The predicted molar refractivity (Wildman–Crippen MR) is 86.4 cm³/mol. The molecule has 0 aliphatic heterocycles. The van der Waals surface area contributed by atoms with E-state index in [9.17, 15) is 0 Å². The lowest BCUT2D eigenvalue weighted by atomic mass is 10.2. The monoisotopic (exact) mass is 304 g/mol. The van der Waals surface area contributed by atoms with Gasteiger partial charge in [0, 0.05) is 27.0 Å². The Kier molecular flexibility index (Phi) is 11.2. The van der Waals surface area contributed by atoms with E-state index >= 15 is 0 Å². The Morgan fingerprint density at radius 1 is 1.00 bits per heavy atom. The van der Waals surface area contributed by atoms with Gasteiger partial charge in [-0.1, -0.05) is 13.8 Å². The van der Waals surface area contributed by atoms with Crippen LogP contribution < -0.4 is 0 Å². The van der Waals surface area contributed by atoms with Crippen molar-refractivity contribution in [2.75, 3.05) is 47.1 Å². The molecule has 6 heteroatoms. The van der Waals surface area contributed by atoms with Crippen molar-refractivity contribution in [3.63, 3.8) is 0 Å². The number of aliphatic imine (C=N–C) groups is 1. The van der Waals surface area contributed by atoms with E-state index in [2.05, 4.69) is 30.7 Å². The topological polar surface area (TPSA) is 43.3 Å². The van der Waals surface area contributed by atoms with Crippen molar-refractivity contribution in [2.24, 2.45) is 4.99 Å². The molecule has 0 aromatic rings. The van der Waals surface area contributed by atoms with Crippen LogP contribution >= 0.6 is 0 Å². The molecule has 0 aromatic carbocycles. The van der Waals surface area contributed by atoms with Gasteiger partial charge in [-0.15, -0.1) is 0 Å². The molecule has 0 aliphatic rings. The Balaban J connectivity index is 4.02. The fraction of sp³-hybridized carbons (Fsp3) is 0.929. The number of rotatable bonds is 12. The first-order valence-electron chi connectivity index (χ1n) is 7.45. The summed E-state index contributed by atoms with van der Waals surface area (Å²) < 4.78 is 16.1. The van der Waals surface area contributed by atoms with Crippen LogP contribution in [-0.4, -0.2) is 66.5 Å². The quantitative estimate of drug-likeness (QED) is 0.315. The maximum Gasteiger partial charge on any atom is 0.522 e. The molecule has 0 saturated heterocycles. The van der Waals surface area contributed by atoms with Gasteiger partial charge in [0.15, 0.2) is 0 Å². The van der Waals surface area contributed by atoms with Crippen LogP contribution in [0.5, 0.6) is 0 Å². The summed E-state index contributed by atoms with van der Waals surface area (Å²) in [6, 6.07) is 0. The molecular formula is C14H32N2O3Si. The molecule has 0 fully saturated rings. The van der Waals surface area contributed by atoms with Crippen molar-refractivity contribution in [1.82, 2.24) is 4.90 Å². The highest BCUT2D eigenvalue weighted by molar-refractivity contribution is 6.61. The van der Waals surface area contributed by atoms with Gasteiger partial charge < -0.3 is 18.2 Å². The van der Waals surface area contributed by atoms with Gasteiger partial charge >= 0.3 is 8.80 Å². The summed E-state index contributed by atoms with van der Waals surface area (Å²) in [6.45, 7) is 9.92. The highest BCUT2D eigenvalue weighted by Crippen LogP contribution is 2.08. The summed E-state index contributed by atoms with van der Waals surface area (Å²) in [5, 5.41) is 0. The molecule has 20 heavy (non-hydrogen) atoms. The molecule has 0 aromatic heterocycles. The molecule has 0 aliphatic carbocycles. The predicted octanol–water partition coefficient (Wildman–Crippen LogP) is 2.38. The van der Waals surface area contributed by atoms with Gasteiger partial charge in [-0.3, -0.25) is 4.99 Å². The van der Waals surface area contributed by atoms with Crippen LogP contribution in [0, 0.1) is 0 Å². The average molecular weight is 305 g/mol. The van der Waals surface area contributed by atoms with Gasteiger partial charge in [0.05, 0.1) is 0 Å². The average Bonchev–Trinajstić information content (AvgIpc) is 2.49. The van der Waals surface area contributed by atoms with E-state index < -0.39 is 8.80 Å². The van der Waals surface area contributed by atoms with Crippen LogP contribution in [0.25, 0.3) is 0 Å². The third kappa shape index (κ3) is 7.49. The fourth-order valence-electron chi connectivity index (χ4n) is 2.01. The van der Waals surface area contributed by atoms with Crippen LogP contribution in [0.4, 0.5) is 0 Å². The Morgan fingerprint density at radius 3 is 2.00 bits per heavy atom. The van der Waals surface area contributed by atoms with Gasteiger partial charge in [-0.05, 0) is 45.8 Å². The first kappa shape index (κ1) is 19.7. The lowest BCUT2D eigenvalue weighted by Crippen LogP contribution is -2.46. The minimum atomic E-state index is -2.55. The highest BCUT2D eigenvalue weighted by Gasteiger charge is 2.37. The van der Waals surface area contributed by atoms with Crippen LogP contribution in [0.2, 0.25) is 0 Å². The van der Waals surface area contributed by atoms with Crippen molar-refractivity contribution in [1.29, 1.82) is 0 Å². The minimum absolute atomic E-state index is 0.498. The van der Waals surface area contributed by atoms with Gasteiger partial charge in [0.2, 0.25) is 0 Å². The third-order valence-electron chi connectivity index (χ3n) is 3.63. The smallest absolute Gasteiger partial charge is 0.376 e. The van der Waals surface area contributed by atoms with Gasteiger partial charge in [0.1, 0.15) is 6.17 Å². The zero-order valence-corrected chi connectivity index (χ0v) is 15.1. The zero-order valence-electron chi connectivity index (χ0n) is 14.1. The standard InChI is InChI=1S/C14H32N2O3Si/c1-7-16(8-2)12-10-9-11-14(3)15-13-20(17-4,18-5)19-6/h7-13H2,1-6H3. The summed E-state index contributed by atoms with van der Waals surface area (Å²) in [7, 11) is 2.30. The van der Waals surface area contributed by atoms with Crippen LogP contribution in [0.1, 0.15) is 40.0 Å².